The van der Waals surface area contributed by atoms with Crippen molar-refractivity contribution in [1.29, 1.82) is 0 Å². The zero-order valence-electron chi connectivity index (χ0n) is 11.0. The van der Waals surface area contributed by atoms with Gasteiger partial charge in [0.25, 0.3) is 0 Å². The van der Waals surface area contributed by atoms with Crippen molar-refractivity contribution >= 4 is 11.0 Å². The number of hydrogen-bond donors (Lipinski definition) is 1. The first-order valence-electron chi connectivity index (χ1n) is 6.46. The zero-order valence-corrected chi connectivity index (χ0v) is 11.0. The number of nitrogens with zero attached hydrogens (tertiary/aromatic N) is 3. The Morgan fingerprint density at radius 2 is 2.15 bits per heavy atom. The molecule has 1 aromatic carbocycles. The Hall–Kier alpha value is -2.63. The van der Waals surface area contributed by atoms with Gasteiger partial charge in [-0.2, -0.15) is 0 Å². The summed E-state index contributed by atoms with van der Waals surface area (Å²) >= 11 is 0. The van der Waals surface area contributed by atoms with Crippen LogP contribution in [-0.2, 0) is 6.54 Å². The van der Waals surface area contributed by atoms with Crippen molar-refractivity contribution in [2.24, 2.45) is 0 Å². The molecule has 6 nitrogen and oxygen atoms in total. The summed E-state index contributed by atoms with van der Waals surface area (Å²) in [5.74, 6) is 0. The lowest BCUT2D eigenvalue weighted by molar-refractivity contribution is 0.669. The molecule has 2 aromatic heterocycles. The molecule has 1 N–H and O–H groups in total. The molecule has 0 fully saturated rings. The number of fused-ring (bicyclic) bond motifs is 1. The fraction of sp³-hybridized carbons (Fsp3) is 0.214. The zero-order chi connectivity index (χ0) is 14.1. The molecule has 3 aromatic rings. The topological polar surface area (TPSA) is 72.7 Å². The van der Waals surface area contributed by atoms with Gasteiger partial charge in [-0.15, -0.1) is 0 Å². The van der Waals surface area contributed by atoms with Gasteiger partial charge >= 0.3 is 11.1 Å². The molecular formula is C14H14N4O2. The van der Waals surface area contributed by atoms with Gasteiger partial charge in [-0.1, -0.05) is 6.92 Å². The number of rotatable bonds is 3. The highest BCUT2D eigenvalue weighted by Crippen LogP contribution is 2.15. The van der Waals surface area contributed by atoms with Crippen LogP contribution in [0.5, 0.6) is 0 Å². The summed E-state index contributed by atoms with van der Waals surface area (Å²) in [6, 6.07) is 5.56. The van der Waals surface area contributed by atoms with E-state index in [4.69, 9.17) is 0 Å². The highest BCUT2D eigenvalue weighted by Gasteiger charge is 2.08. The third-order valence-corrected chi connectivity index (χ3v) is 3.21. The van der Waals surface area contributed by atoms with E-state index in [1.54, 1.807) is 18.6 Å². The fourth-order valence-electron chi connectivity index (χ4n) is 2.27. The summed E-state index contributed by atoms with van der Waals surface area (Å²) in [5.41, 5.74) is 1.18. The lowest BCUT2D eigenvalue weighted by Gasteiger charge is -2.10. The van der Waals surface area contributed by atoms with Crippen LogP contribution < -0.4 is 11.1 Å². The number of aromatic nitrogens is 4. The van der Waals surface area contributed by atoms with Crippen molar-refractivity contribution in [2.75, 3.05) is 0 Å². The van der Waals surface area contributed by atoms with E-state index < -0.39 is 11.1 Å². The summed E-state index contributed by atoms with van der Waals surface area (Å²) in [4.78, 5) is 30.2. The van der Waals surface area contributed by atoms with Gasteiger partial charge in [0.1, 0.15) is 0 Å². The lowest BCUT2D eigenvalue weighted by atomic mass is 10.2. The molecule has 2 heterocycles. The molecule has 0 bridgehead atoms. The number of nitrogens with one attached hydrogen (secondary N) is 1. The average Bonchev–Trinajstić information content (AvgIpc) is 2.98. The summed E-state index contributed by atoms with van der Waals surface area (Å²) in [6.45, 7) is 2.49. The molecule has 20 heavy (non-hydrogen) atoms. The van der Waals surface area contributed by atoms with Crippen molar-refractivity contribution < 1.29 is 0 Å². The Labute approximate surface area is 114 Å². The van der Waals surface area contributed by atoms with Crippen molar-refractivity contribution in [2.45, 2.75) is 19.9 Å². The number of H-pyrrole nitrogens is 1. The van der Waals surface area contributed by atoms with Crippen molar-refractivity contribution in [1.82, 2.24) is 19.1 Å². The van der Waals surface area contributed by atoms with Gasteiger partial charge < -0.3 is 14.1 Å². The Kier molecular flexibility index (Phi) is 2.98. The quantitative estimate of drug-likeness (QED) is 0.729. The standard InChI is InChI=1S/C14H14N4O2/c1-2-6-18-12-8-10(17-7-5-15-9-17)3-4-11(12)16-13(19)14(18)20/h3-5,7-9H,2,6H2,1H3,(H,16,19). The van der Waals surface area contributed by atoms with Crippen LogP contribution in [0.4, 0.5) is 0 Å². The van der Waals surface area contributed by atoms with E-state index in [-0.39, 0.29) is 0 Å². The molecule has 0 radical (unpaired) electrons. The summed E-state index contributed by atoms with van der Waals surface area (Å²) in [6.07, 6.45) is 5.99. The SMILES string of the molecule is CCCn1c(=O)c(=O)[nH]c2ccc(-n3ccnc3)cc21. The van der Waals surface area contributed by atoms with E-state index in [2.05, 4.69) is 9.97 Å². The number of aromatic amines is 1. The Morgan fingerprint density at radius 1 is 1.30 bits per heavy atom. The average molecular weight is 270 g/mol. The minimum absolute atomic E-state index is 0.512. The molecule has 0 aliphatic rings. The van der Waals surface area contributed by atoms with Crippen molar-refractivity contribution in [3.05, 3.63) is 57.6 Å². The number of benzene rings is 1. The van der Waals surface area contributed by atoms with E-state index >= 15 is 0 Å². The van der Waals surface area contributed by atoms with Crippen LogP contribution in [0.25, 0.3) is 16.7 Å². The molecule has 0 amide bonds. The smallest absolute Gasteiger partial charge is 0.316 e. The van der Waals surface area contributed by atoms with Crippen molar-refractivity contribution in [3.63, 3.8) is 0 Å². The molecule has 0 unspecified atom stereocenters. The molecular weight excluding hydrogens is 256 g/mol. The second-order valence-corrected chi connectivity index (χ2v) is 4.58. The Bertz CT molecular complexity index is 859. The van der Waals surface area contributed by atoms with Gasteiger partial charge in [0.15, 0.2) is 0 Å². The maximum Gasteiger partial charge on any atom is 0.316 e. The van der Waals surface area contributed by atoms with Gasteiger partial charge in [0.2, 0.25) is 0 Å². The van der Waals surface area contributed by atoms with Gasteiger partial charge in [-0.25, -0.2) is 4.98 Å². The second-order valence-electron chi connectivity index (χ2n) is 4.58. The molecule has 0 aliphatic carbocycles. The fourth-order valence-corrected chi connectivity index (χ4v) is 2.27. The third kappa shape index (κ3) is 1.95. The van der Waals surface area contributed by atoms with Gasteiger partial charge in [-0.3, -0.25) is 9.59 Å². The molecule has 6 heteroatoms. The predicted octanol–water partition coefficient (Wildman–Crippen LogP) is 1.29. The highest BCUT2D eigenvalue weighted by atomic mass is 16.2. The van der Waals surface area contributed by atoms with E-state index in [0.29, 0.717) is 12.1 Å². The van der Waals surface area contributed by atoms with Crippen LogP contribution in [0, 0.1) is 0 Å². The highest BCUT2D eigenvalue weighted by molar-refractivity contribution is 5.77. The van der Waals surface area contributed by atoms with Crippen LogP contribution in [0.3, 0.4) is 0 Å². The minimum atomic E-state index is -0.582. The first-order chi connectivity index (χ1) is 9.70. The van der Waals surface area contributed by atoms with Gasteiger partial charge in [0, 0.05) is 24.6 Å². The first kappa shape index (κ1) is 12.4. The molecule has 0 atom stereocenters. The van der Waals surface area contributed by atoms with E-state index in [1.165, 1.54) is 4.57 Å². The van der Waals surface area contributed by atoms with Crippen LogP contribution in [0.1, 0.15) is 13.3 Å². The van der Waals surface area contributed by atoms with Crippen LogP contribution in [-0.4, -0.2) is 19.1 Å². The minimum Gasteiger partial charge on any atom is -0.316 e. The Balaban J connectivity index is 2.32. The van der Waals surface area contributed by atoms with E-state index in [0.717, 1.165) is 17.6 Å². The number of hydrogen-bond acceptors (Lipinski definition) is 3. The predicted molar refractivity (Wildman–Crippen MR) is 76.2 cm³/mol. The summed E-state index contributed by atoms with van der Waals surface area (Å²) in [7, 11) is 0. The Morgan fingerprint density at radius 3 is 2.85 bits per heavy atom. The molecule has 0 aliphatic heterocycles. The maximum atomic E-state index is 12.0. The monoisotopic (exact) mass is 270 g/mol. The van der Waals surface area contributed by atoms with Crippen LogP contribution in [0.2, 0.25) is 0 Å². The molecule has 0 saturated heterocycles. The largest absolute Gasteiger partial charge is 0.316 e. The third-order valence-electron chi connectivity index (χ3n) is 3.21. The van der Waals surface area contributed by atoms with E-state index in [9.17, 15) is 9.59 Å². The number of imidazole rings is 1. The number of aryl methyl sites for hydroxylation is 1. The normalized spacial score (nSPS) is 11.1. The molecule has 0 saturated carbocycles. The molecule has 102 valence electrons. The second kappa shape index (κ2) is 4.80. The van der Waals surface area contributed by atoms with Gasteiger partial charge in [0.05, 0.1) is 17.4 Å². The van der Waals surface area contributed by atoms with Crippen LogP contribution >= 0.6 is 0 Å². The summed E-state index contributed by atoms with van der Waals surface area (Å²) in [5, 5.41) is 0. The van der Waals surface area contributed by atoms with Crippen molar-refractivity contribution in [3.8, 4) is 5.69 Å². The first-order valence-corrected chi connectivity index (χ1v) is 6.46. The van der Waals surface area contributed by atoms with E-state index in [1.807, 2.05) is 29.8 Å². The maximum absolute atomic E-state index is 12.0. The molecule has 3 rings (SSSR count). The lowest BCUT2D eigenvalue weighted by Crippen LogP contribution is -2.36. The summed E-state index contributed by atoms with van der Waals surface area (Å²) < 4.78 is 3.37. The molecule has 0 spiro atoms. The van der Waals surface area contributed by atoms with Crippen LogP contribution in [0.15, 0.2) is 46.5 Å². The van der Waals surface area contributed by atoms with Gasteiger partial charge in [-0.05, 0) is 24.6 Å².